The molecule has 4 nitrogen and oxygen atoms in total. The summed E-state index contributed by atoms with van der Waals surface area (Å²) >= 11 is 0. The van der Waals surface area contributed by atoms with E-state index in [1.165, 1.54) is 6.07 Å². The van der Waals surface area contributed by atoms with E-state index in [4.69, 9.17) is 0 Å². The molecular weight excluding hydrogens is 252 g/mol. The summed E-state index contributed by atoms with van der Waals surface area (Å²) in [6, 6.07) is 4.78. The fourth-order valence-corrected chi connectivity index (χ4v) is 2.41. The van der Waals surface area contributed by atoms with Crippen molar-refractivity contribution in [3.8, 4) is 5.75 Å². The van der Waals surface area contributed by atoms with Crippen LogP contribution in [0.25, 0.3) is 10.9 Å². The Hall–Kier alpha value is -1.55. The van der Waals surface area contributed by atoms with E-state index in [1.54, 1.807) is 16.7 Å². The molecule has 1 aromatic carbocycles. The molecule has 1 aromatic heterocycles. The predicted molar refractivity (Wildman–Crippen MR) is 72.5 cm³/mol. The zero-order chi connectivity index (χ0) is 11.8. The minimum Gasteiger partial charge on any atom is -0.508 e. The van der Waals surface area contributed by atoms with Crippen LogP contribution in [0.1, 0.15) is 25.1 Å². The minimum atomic E-state index is -0.0252. The number of aryl methyl sites for hydroxylation is 1. The summed E-state index contributed by atoms with van der Waals surface area (Å²) in [5.41, 5.74) is 0.656. The Bertz CT molecular complexity index is 637. The number of nitrogens with zero attached hydrogens (tertiary/aromatic N) is 2. The largest absolute Gasteiger partial charge is 0.508 e. The number of hydrogen-bond acceptors (Lipinski definition) is 3. The van der Waals surface area contributed by atoms with Crippen LogP contribution in [0.15, 0.2) is 23.0 Å². The quantitative estimate of drug-likeness (QED) is 0.796. The highest BCUT2D eigenvalue weighted by molar-refractivity contribution is 5.85. The molecule has 0 aliphatic carbocycles. The van der Waals surface area contributed by atoms with Crippen LogP contribution < -0.4 is 5.56 Å². The third-order valence-corrected chi connectivity index (χ3v) is 3.30. The number of fused-ring (bicyclic) bond motifs is 2. The molecule has 0 spiro atoms. The highest BCUT2D eigenvalue weighted by atomic mass is 35.5. The molecule has 1 N–H and O–H groups in total. The average Bonchev–Trinajstić information content (AvgIpc) is 2.56. The van der Waals surface area contributed by atoms with E-state index in [-0.39, 0.29) is 23.7 Å². The van der Waals surface area contributed by atoms with Crippen LogP contribution in [0.2, 0.25) is 0 Å². The van der Waals surface area contributed by atoms with E-state index in [1.807, 2.05) is 0 Å². The van der Waals surface area contributed by atoms with Crippen LogP contribution in [-0.2, 0) is 13.0 Å². The topological polar surface area (TPSA) is 55.1 Å². The summed E-state index contributed by atoms with van der Waals surface area (Å²) in [5, 5.41) is 9.95. The van der Waals surface area contributed by atoms with Gasteiger partial charge in [-0.25, -0.2) is 4.98 Å². The van der Waals surface area contributed by atoms with Crippen LogP contribution in [0.4, 0.5) is 0 Å². The molecule has 2 aromatic rings. The van der Waals surface area contributed by atoms with E-state index in [0.29, 0.717) is 10.9 Å². The lowest BCUT2D eigenvalue weighted by molar-refractivity contribution is 0.476. The average molecular weight is 267 g/mol. The van der Waals surface area contributed by atoms with Gasteiger partial charge in [0.05, 0.1) is 10.9 Å². The first-order valence-electron chi connectivity index (χ1n) is 5.98. The Labute approximate surface area is 111 Å². The Morgan fingerprint density at radius 3 is 2.89 bits per heavy atom. The molecule has 1 aliphatic heterocycles. The number of aromatic nitrogens is 2. The fourth-order valence-electron chi connectivity index (χ4n) is 2.41. The van der Waals surface area contributed by atoms with Crippen molar-refractivity contribution in [1.29, 1.82) is 0 Å². The molecule has 0 saturated heterocycles. The molecule has 96 valence electrons. The van der Waals surface area contributed by atoms with Gasteiger partial charge in [-0.2, -0.15) is 0 Å². The first-order chi connectivity index (χ1) is 8.25. The molecule has 0 amide bonds. The van der Waals surface area contributed by atoms with Crippen molar-refractivity contribution >= 4 is 23.3 Å². The van der Waals surface area contributed by atoms with Crippen LogP contribution in [0, 0.1) is 0 Å². The maximum atomic E-state index is 12.3. The van der Waals surface area contributed by atoms with E-state index in [9.17, 15) is 9.90 Å². The molecule has 0 unspecified atom stereocenters. The second-order valence-electron chi connectivity index (χ2n) is 4.50. The van der Waals surface area contributed by atoms with Gasteiger partial charge in [0.25, 0.3) is 5.56 Å². The first-order valence-corrected chi connectivity index (χ1v) is 5.98. The normalized spacial score (nSPS) is 14.7. The number of phenols is 1. The lowest BCUT2D eigenvalue weighted by atomic mass is 10.2. The molecule has 2 heterocycles. The van der Waals surface area contributed by atoms with Crippen molar-refractivity contribution in [1.82, 2.24) is 9.55 Å². The van der Waals surface area contributed by atoms with Gasteiger partial charge in [-0.05, 0) is 31.0 Å². The van der Waals surface area contributed by atoms with Crippen molar-refractivity contribution in [3.63, 3.8) is 0 Å². The van der Waals surface area contributed by atoms with E-state index < -0.39 is 0 Å². The van der Waals surface area contributed by atoms with Crippen LogP contribution in [0.5, 0.6) is 5.75 Å². The number of hydrogen-bond donors (Lipinski definition) is 1. The van der Waals surface area contributed by atoms with E-state index in [0.717, 1.165) is 38.1 Å². The Kier molecular flexibility index (Phi) is 3.57. The molecule has 0 radical (unpaired) electrons. The Morgan fingerprint density at radius 1 is 1.22 bits per heavy atom. The van der Waals surface area contributed by atoms with Crippen molar-refractivity contribution in [3.05, 3.63) is 34.4 Å². The van der Waals surface area contributed by atoms with Crippen molar-refractivity contribution in [2.75, 3.05) is 0 Å². The standard InChI is InChI=1S/C13H14N2O2.ClH/c16-9-5-6-11-10(8-9)13(17)15-7-3-1-2-4-12(15)14-11;/h5-6,8,16H,1-4,7H2;1H. The van der Waals surface area contributed by atoms with Gasteiger partial charge < -0.3 is 5.11 Å². The molecule has 0 atom stereocenters. The SMILES string of the molecule is Cl.O=c1c2cc(O)ccc2nc2n1CCCCC2. The Morgan fingerprint density at radius 2 is 2.06 bits per heavy atom. The molecule has 3 rings (SSSR count). The third kappa shape index (κ3) is 2.08. The zero-order valence-electron chi connectivity index (χ0n) is 9.93. The molecule has 1 aliphatic rings. The van der Waals surface area contributed by atoms with Gasteiger partial charge in [-0.1, -0.05) is 6.42 Å². The van der Waals surface area contributed by atoms with Crippen molar-refractivity contribution < 1.29 is 5.11 Å². The van der Waals surface area contributed by atoms with Crippen LogP contribution >= 0.6 is 12.4 Å². The maximum Gasteiger partial charge on any atom is 0.261 e. The van der Waals surface area contributed by atoms with Gasteiger partial charge >= 0.3 is 0 Å². The number of benzene rings is 1. The lowest BCUT2D eigenvalue weighted by Crippen LogP contribution is -2.24. The second kappa shape index (κ2) is 4.98. The summed E-state index contributed by atoms with van der Waals surface area (Å²) in [7, 11) is 0. The van der Waals surface area contributed by atoms with Crippen molar-refractivity contribution in [2.45, 2.75) is 32.2 Å². The van der Waals surface area contributed by atoms with E-state index >= 15 is 0 Å². The maximum absolute atomic E-state index is 12.3. The third-order valence-electron chi connectivity index (χ3n) is 3.30. The molecule has 0 saturated carbocycles. The van der Waals surface area contributed by atoms with Gasteiger partial charge in [-0.3, -0.25) is 9.36 Å². The van der Waals surface area contributed by atoms with Gasteiger partial charge in [0.1, 0.15) is 11.6 Å². The Balaban J connectivity index is 0.00000120. The monoisotopic (exact) mass is 266 g/mol. The lowest BCUT2D eigenvalue weighted by Gasteiger charge is -2.09. The van der Waals surface area contributed by atoms with E-state index in [2.05, 4.69) is 4.98 Å². The highest BCUT2D eigenvalue weighted by Crippen LogP contribution is 2.18. The minimum absolute atomic E-state index is 0. The summed E-state index contributed by atoms with van der Waals surface area (Å²) < 4.78 is 1.76. The number of phenolic OH excluding ortho intramolecular Hbond substituents is 1. The summed E-state index contributed by atoms with van der Waals surface area (Å²) in [6.07, 6.45) is 4.13. The highest BCUT2D eigenvalue weighted by Gasteiger charge is 2.13. The molecule has 5 heteroatoms. The van der Waals surface area contributed by atoms with Gasteiger partial charge in [0.2, 0.25) is 0 Å². The zero-order valence-corrected chi connectivity index (χ0v) is 10.7. The molecule has 0 bridgehead atoms. The first kappa shape index (κ1) is 12.9. The van der Waals surface area contributed by atoms with Gasteiger partial charge in [-0.15, -0.1) is 12.4 Å². The van der Waals surface area contributed by atoms with Gasteiger partial charge in [0.15, 0.2) is 0 Å². The van der Waals surface area contributed by atoms with Crippen LogP contribution in [-0.4, -0.2) is 14.7 Å². The van der Waals surface area contributed by atoms with Gasteiger partial charge in [0, 0.05) is 13.0 Å². The summed E-state index contributed by atoms with van der Waals surface area (Å²) in [5.74, 6) is 0.997. The number of halogens is 1. The van der Waals surface area contributed by atoms with Crippen LogP contribution in [0.3, 0.4) is 0 Å². The predicted octanol–water partition coefficient (Wildman–Crippen LogP) is 2.25. The van der Waals surface area contributed by atoms with Crippen molar-refractivity contribution in [2.24, 2.45) is 0 Å². The molecule has 0 fully saturated rings. The molecular formula is C13H15ClN2O2. The summed E-state index contributed by atoms with van der Waals surface area (Å²) in [6.45, 7) is 0.743. The fraction of sp³-hybridized carbons (Fsp3) is 0.385. The smallest absolute Gasteiger partial charge is 0.261 e. The second-order valence-corrected chi connectivity index (χ2v) is 4.50. The number of rotatable bonds is 0. The number of aromatic hydroxyl groups is 1. The molecule has 18 heavy (non-hydrogen) atoms. The summed E-state index contributed by atoms with van der Waals surface area (Å²) in [4.78, 5) is 16.8.